The van der Waals surface area contributed by atoms with Crippen LogP contribution in [0, 0.1) is 5.92 Å². The molecule has 132 valence electrons. The van der Waals surface area contributed by atoms with Crippen LogP contribution in [0.4, 0.5) is 0 Å². The Morgan fingerprint density at radius 3 is 2.65 bits per heavy atom. The number of pyridine rings is 1. The standard InChI is InChI=1S/C19H18ClN5O/c1-12(2)7-9-24-10-8-15-16(18(24)26)17(13-3-5-14(20)6-4-13)25-19(23-15)21-11-22-25/h3-6,8,10-12H,7,9H2,1-2H3. The van der Waals surface area contributed by atoms with Crippen LogP contribution in [-0.4, -0.2) is 24.1 Å². The van der Waals surface area contributed by atoms with Gasteiger partial charge in [-0.15, -0.1) is 0 Å². The molecule has 0 atom stereocenters. The van der Waals surface area contributed by atoms with Gasteiger partial charge in [0.15, 0.2) is 0 Å². The smallest absolute Gasteiger partial charge is 0.262 e. The van der Waals surface area contributed by atoms with Crippen LogP contribution in [0.15, 0.2) is 47.7 Å². The van der Waals surface area contributed by atoms with E-state index in [0.29, 0.717) is 39.9 Å². The lowest BCUT2D eigenvalue weighted by Crippen LogP contribution is -2.22. The molecule has 26 heavy (non-hydrogen) atoms. The van der Waals surface area contributed by atoms with E-state index in [4.69, 9.17) is 11.6 Å². The van der Waals surface area contributed by atoms with Crippen molar-refractivity contribution in [1.82, 2.24) is 24.1 Å². The van der Waals surface area contributed by atoms with Gasteiger partial charge in [-0.05, 0) is 30.5 Å². The van der Waals surface area contributed by atoms with Gasteiger partial charge in [0.1, 0.15) is 6.33 Å². The number of aryl methyl sites for hydroxylation is 1. The topological polar surface area (TPSA) is 65.1 Å². The fraction of sp³-hybridized carbons (Fsp3) is 0.263. The summed E-state index contributed by atoms with van der Waals surface area (Å²) >= 11 is 6.03. The highest BCUT2D eigenvalue weighted by Crippen LogP contribution is 2.27. The SMILES string of the molecule is CC(C)CCn1ccc2nc3ncnn3c(-c3ccc(Cl)cc3)c2c1=O. The van der Waals surface area contributed by atoms with Crippen LogP contribution in [0.1, 0.15) is 20.3 Å². The molecule has 0 amide bonds. The lowest BCUT2D eigenvalue weighted by Gasteiger charge is -2.12. The van der Waals surface area contributed by atoms with Crippen molar-refractivity contribution in [3.63, 3.8) is 0 Å². The highest BCUT2D eigenvalue weighted by Gasteiger charge is 2.17. The maximum Gasteiger partial charge on any atom is 0.262 e. The maximum absolute atomic E-state index is 13.2. The van der Waals surface area contributed by atoms with E-state index >= 15 is 0 Å². The fourth-order valence-electron chi connectivity index (χ4n) is 3.01. The maximum atomic E-state index is 13.2. The Hall–Kier alpha value is -2.73. The molecule has 0 aliphatic heterocycles. The van der Waals surface area contributed by atoms with Crippen LogP contribution in [0.2, 0.25) is 5.02 Å². The first-order valence-corrected chi connectivity index (χ1v) is 8.91. The molecule has 3 aromatic heterocycles. The van der Waals surface area contributed by atoms with E-state index in [1.807, 2.05) is 18.2 Å². The summed E-state index contributed by atoms with van der Waals surface area (Å²) in [5.74, 6) is 0.978. The van der Waals surface area contributed by atoms with E-state index in [-0.39, 0.29) is 5.56 Å². The number of aromatic nitrogens is 5. The molecule has 4 rings (SSSR count). The van der Waals surface area contributed by atoms with Gasteiger partial charge >= 0.3 is 0 Å². The molecule has 0 aliphatic carbocycles. The molecular weight excluding hydrogens is 350 g/mol. The second kappa shape index (κ2) is 6.53. The predicted molar refractivity (Wildman–Crippen MR) is 102 cm³/mol. The van der Waals surface area contributed by atoms with Crippen LogP contribution in [-0.2, 0) is 6.54 Å². The normalized spacial score (nSPS) is 11.7. The third kappa shape index (κ3) is 2.86. The first kappa shape index (κ1) is 16.7. The lowest BCUT2D eigenvalue weighted by atomic mass is 10.1. The van der Waals surface area contributed by atoms with Crippen molar-refractivity contribution in [2.75, 3.05) is 0 Å². The summed E-state index contributed by atoms with van der Waals surface area (Å²) in [5.41, 5.74) is 2.07. The summed E-state index contributed by atoms with van der Waals surface area (Å²) in [6.45, 7) is 4.96. The van der Waals surface area contributed by atoms with Gasteiger partial charge in [0.25, 0.3) is 11.3 Å². The van der Waals surface area contributed by atoms with Crippen molar-refractivity contribution < 1.29 is 0 Å². The monoisotopic (exact) mass is 367 g/mol. The van der Waals surface area contributed by atoms with Crippen molar-refractivity contribution in [3.8, 4) is 11.3 Å². The number of nitrogens with zero attached hydrogens (tertiary/aromatic N) is 5. The van der Waals surface area contributed by atoms with E-state index in [1.54, 1.807) is 27.4 Å². The first-order valence-electron chi connectivity index (χ1n) is 8.53. The molecule has 1 aromatic carbocycles. The summed E-state index contributed by atoms with van der Waals surface area (Å²) in [5, 5.41) is 5.45. The zero-order chi connectivity index (χ0) is 18.3. The van der Waals surface area contributed by atoms with Crippen molar-refractivity contribution in [2.45, 2.75) is 26.8 Å². The van der Waals surface area contributed by atoms with E-state index in [0.717, 1.165) is 12.0 Å². The molecule has 0 bridgehead atoms. The van der Waals surface area contributed by atoms with Crippen LogP contribution < -0.4 is 5.56 Å². The molecule has 0 unspecified atom stereocenters. The van der Waals surface area contributed by atoms with Gasteiger partial charge in [-0.2, -0.15) is 14.6 Å². The van der Waals surface area contributed by atoms with Gasteiger partial charge in [-0.25, -0.2) is 4.98 Å². The summed E-state index contributed by atoms with van der Waals surface area (Å²) < 4.78 is 3.35. The molecule has 3 heterocycles. The second-order valence-corrected chi connectivity index (χ2v) is 7.13. The zero-order valence-electron chi connectivity index (χ0n) is 14.6. The van der Waals surface area contributed by atoms with Crippen LogP contribution in [0.5, 0.6) is 0 Å². The van der Waals surface area contributed by atoms with Crippen LogP contribution in [0.3, 0.4) is 0 Å². The lowest BCUT2D eigenvalue weighted by molar-refractivity contribution is 0.509. The molecule has 0 fully saturated rings. The average molecular weight is 368 g/mol. The fourth-order valence-corrected chi connectivity index (χ4v) is 3.14. The Morgan fingerprint density at radius 2 is 1.92 bits per heavy atom. The third-order valence-corrected chi connectivity index (χ3v) is 4.66. The molecule has 4 aromatic rings. The highest BCUT2D eigenvalue weighted by molar-refractivity contribution is 6.30. The Labute approximate surface area is 155 Å². The molecule has 0 radical (unpaired) electrons. The summed E-state index contributed by atoms with van der Waals surface area (Å²) in [7, 11) is 0. The van der Waals surface area contributed by atoms with Gasteiger partial charge in [-0.1, -0.05) is 37.6 Å². The Bertz CT molecular complexity index is 1140. The molecule has 6 nitrogen and oxygen atoms in total. The number of fused-ring (bicyclic) bond motifs is 2. The number of hydrogen-bond donors (Lipinski definition) is 0. The highest BCUT2D eigenvalue weighted by atomic mass is 35.5. The summed E-state index contributed by atoms with van der Waals surface area (Å²) in [6, 6.07) is 9.22. The van der Waals surface area contributed by atoms with Gasteiger partial charge < -0.3 is 4.57 Å². The van der Waals surface area contributed by atoms with E-state index in [9.17, 15) is 4.79 Å². The summed E-state index contributed by atoms with van der Waals surface area (Å²) in [4.78, 5) is 21.9. The molecule has 0 aliphatic rings. The first-order chi connectivity index (χ1) is 12.5. The Balaban J connectivity index is 2.04. The molecule has 0 spiro atoms. The Morgan fingerprint density at radius 1 is 1.15 bits per heavy atom. The molecular formula is C19H18ClN5O. The molecule has 0 saturated carbocycles. The largest absolute Gasteiger partial charge is 0.315 e. The van der Waals surface area contributed by atoms with E-state index in [1.165, 1.54) is 6.33 Å². The summed E-state index contributed by atoms with van der Waals surface area (Å²) in [6.07, 6.45) is 4.18. The van der Waals surface area contributed by atoms with Crippen molar-refractivity contribution >= 4 is 28.3 Å². The van der Waals surface area contributed by atoms with E-state index in [2.05, 4.69) is 28.9 Å². The minimum atomic E-state index is -0.0713. The van der Waals surface area contributed by atoms with E-state index < -0.39 is 0 Å². The predicted octanol–water partition coefficient (Wildman–Crippen LogP) is 3.81. The third-order valence-electron chi connectivity index (χ3n) is 4.41. The molecule has 0 saturated heterocycles. The van der Waals surface area contributed by atoms with Gasteiger partial charge in [-0.3, -0.25) is 4.79 Å². The average Bonchev–Trinajstić information content (AvgIpc) is 3.08. The van der Waals surface area contributed by atoms with Gasteiger partial charge in [0.2, 0.25) is 0 Å². The minimum Gasteiger partial charge on any atom is -0.315 e. The minimum absolute atomic E-state index is 0.0713. The zero-order valence-corrected chi connectivity index (χ0v) is 15.3. The number of benzene rings is 1. The van der Waals surface area contributed by atoms with Gasteiger partial charge in [0.05, 0.1) is 16.6 Å². The van der Waals surface area contributed by atoms with Crippen molar-refractivity contribution in [3.05, 3.63) is 58.2 Å². The van der Waals surface area contributed by atoms with Crippen molar-refractivity contribution in [1.29, 1.82) is 0 Å². The van der Waals surface area contributed by atoms with Crippen LogP contribution in [0.25, 0.3) is 27.9 Å². The number of hydrogen-bond acceptors (Lipinski definition) is 4. The second-order valence-electron chi connectivity index (χ2n) is 6.70. The number of rotatable bonds is 4. The molecule has 7 heteroatoms. The van der Waals surface area contributed by atoms with Crippen molar-refractivity contribution in [2.24, 2.45) is 5.92 Å². The molecule has 0 N–H and O–H groups in total. The van der Waals surface area contributed by atoms with Crippen LogP contribution >= 0.6 is 11.6 Å². The van der Waals surface area contributed by atoms with Gasteiger partial charge in [0, 0.05) is 23.3 Å². The number of halogens is 1. The Kier molecular flexibility index (Phi) is 4.20. The quantitative estimate of drug-likeness (QED) is 0.550.